The zero-order valence-electron chi connectivity index (χ0n) is 17.1. The molecule has 0 N–H and O–H groups in total. The lowest BCUT2D eigenvalue weighted by Gasteiger charge is -2.33. The van der Waals surface area contributed by atoms with Crippen LogP contribution in [0.2, 0.25) is 0 Å². The maximum absolute atomic E-state index is 6.56. The van der Waals surface area contributed by atoms with Crippen LogP contribution in [0.5, 0.6) is 23.0 Å². The first-order valence-electron chi connectivity index (χ1n) is 10.2. The summed E-state index contributed by atoms with van der Waals surface area (Å²) >= 11 is 0. The molecule has 4 heteroatoms. The summed E-state index contributed by atoms with van der Waals surface area (Å²) in [5.74, 6) is 3.71. The highest BCUT2D eigenvalue weighted by Crippen LogP contribution is 2.56. The number of hydrogen-bond acceptors (Lipinski definition) is 4. The molecule has 0 fully saturated rings. The van der Waals surface area contributed by atoms with Crippen LogP contribution in [0.3, 0.4) is 0 Å². The summed E-state index contributed by atoms with van der Waals surface area (Å²) in [7, 11) is 0. The maximum Gasteiger partial charge on any atom is 0.138 e. The Hall–Kier alpha value is -2.88. The smallest absolute Gasteiger partial charge is 0.138 e. The van der Waals surface area contributed by atoms with Gasteiger partial charge in [0.25, 0.3) is 0 Å². The minimum absolute atomic E-state index is 0.0581. The van der Waals surface area contributed by atoms with Crippen molar-refractivity contribution in [2.24, 2.45) is 0 Å². The molecular weight excluding hydrogens is 364 g/mol. The molecule has 0 bridgehead atoms. The fraction of sp³-hybridized carbons (Fsp3) is 0.360. The second kappa shape index (κ2) is 5.38. The van der Waals surface area contributed by atoms with Crippen LogP contribution in [-0.2, 0) is 0 Å². The molecule has 0 radical (unpaired) electrons. The van der Waals surface area contributed by atoms with Crippen LogP contribution in [0.25, 0.3) is 12.2 Å². The minimum atomic E-state index is -0.308. The molecule has 2 aromatic carbocycles. The van der Waals surface area contributed by atoms with E-state index in [1.54, 1.807) is 0 Å². The van der Waals surface area contributed by atoms with Crippen LogP contribution in [0, 0.1) is 0 Å². The Morgan fingerprint density at radius 1 is 0.759 bits per heavy atom. The van der Waals surface area contributed by atoms with Crippen molar-refractivity contribution in [3.63, 3.8) is 0 Å². The van der Waals surface area contributed by atoms with Gasteiger partial charge in [-0.3, -0.25) is 0 Å². The lowest BCUT2D eigenvalue weighted by atomic mass is 9.86. The quantitative estimate of drug-likeness (QED) is 0.583. The van der Waals surface area contributed by atoms with E-state index in [1.807, 2.05) is 6.07 Å². The molecule has 6 rings (SSSR count). The van der Waals surface area contributed by atoms with E-state index < -0.39 is 0 Å². The third-order valence-electron chi connectivity index (χ3n) is 6.15. The van der Waals surface area contributed by atoms with Gasteiger partial charge >= 0.3 is 0 Å². The van der Waals surface area contributed by atoms with Crippen LogP contribution in [-0.4, -0.2) is 17.8 Å². The van der Waals surface area contributed by atoms with Crippen LogP contribution < -0.4 is 18.9 Å². The summed E-state index contributed by atoms with van der Waals surface area (Å²) in [5.41, 5.74) is 3.70. The zero-order valence-corrected chi connectivity index (χ0v) is 17.1. The second-order valence-electron chi connectivity index (χ2n) is 9.33. The second-order valence-corrected chi connectivity index (χ2v) is 9.33. The molecule has 0 saturated carbocycles. The topological polar surface area (TPSA) is 36.9 Å². The van der Waals surface area contributed by atoms with Crippen molar-refractivity contribution in [3.8, 4) is 23.0 Å². The largest absolute Gasteiger partial charge is 0.492 e. The van der Waals surface area contributed by atoms with E-state index in [2.05, 4.69) is 70.2 Å². The van der Waals surface area contributed by atoms with Crippen molar-refractivity contribution in [2.75, 3.05) is 6.61 Å². The standard InChI is InChI=1S/C25H24O4/c1-24(2)11-9-15-19(28-24)8-6-17-21(15)26-13-18-14-5-7-20-16(22(14)27-23(17)18)10-12-25(3,4)29-20/h5-12,18,23H,13H2,1-4H3/t18-,23-/m0/s1. The van der Waals surface area contributed by atoms with Crippen LogP contribution >= 0.6 is 0 Å². The Morgan fingerprint density at radius 2 is 1.34 bits per heavy atom. The third kappa shape index (κ3) is 2.44. The SMILES string of the molecule is CC1(C)C=Cc2c(ccc3c2O[C@H]2c4ccc5c(c4OC[C@@H]32)C=CC(C)(C)O5)O1. The van der Waals surface area contributed by atoms with E-state index in [0.717, 1.165) is 39.7 Å². The molecule has 0 spiro atoms. The Balaban J connectivity index is 1.43. The molecule has 4 nitrogen and oxygen atoms in total. The molecule has 4 heterocycles. The normalized spacial score (nSPS) is 25.8. The first kappa shape index (κ1) is 17.0. The number of benzene rings is 2. The van der Waals surface area contributed by atoms with Crippen molar-refractivity contribution >= 4 is 12.2 Å². The van der Waals surface area contributed by atoms with Crippen molar-refractivity contribution in [1.82, 2.24) is 0 Å². The van der Waals surface area contributed by atoms with Gasteiger partial charge in [-0.2, -0.15) is 0 Å². The molecule has 2 aromatic rings. The molecule has 4 aliphatic heterocycles. The van der Waals surface area contributed by atoms with Gasteiger partial charge in [0, 0.05) is 11.1 Å². The van der Waals surface area contributed by atoms with Gasteiger partial charge in [0.05, 0.1) is 23.7 Å². The highest BCUT2D eigenvalue weighted by atomic mass is 16.5. The summed E-state index contributed by atoms with van der Waals surface area (Å²) in [6, 6.07) is 8.32. The average molecular weight is 388 g/mol. The molecule has 0 unspecified atom stereocenters. The van der Waals surface area contributed by atoms with Crippen molar-refractivity contribution in [2.45, 2.75) is 50.9 Å². The van der Waals surface area contributed by atoms with E-state index >= 15 is 0 Å². The van der Waals surface area contributed by atoms with Gasteiger partial charge in [-0.1, -0.05) is 6.07 Å². The Kier molecular flexibility index (Phi) is 3.16. The molecule has 0 saturated heterocycles. The highest BCUT2D eigenvalue weighted by Gasteiger charge is 2.44. The highest BCUT2D eigenvalue weighted by molar-refractivity contribution is 5.73. The van der Waals surface area contributed by atoms with Crippen molar-refractivity contribution < 1.29 is 18.9 Å². The van der Waals surface area contributed by atoms with E-state index in [9.17, 15) is 0 Å². The first-order valence-corrected chi connectivity index (χ1v) is 10.2. The average Bonchev–Trinajstić information content (AvgIpc) is 3.04. The molecular formula is C25H24O4. The predicted molar refractivity (Wildman–Crippen MR) is 112 cm³/mol. The molecule has 148 valence electrons. The summed E-state index contributed by atoms with van der Waals surface area (Å²) < 4.78 is 25.1. The molecule has 0 aromatic heterocycles. The summed E-state index contributed by atoms with van der Waals surface area (Å²) in [6.45, 7) is 8.82. The predicted octanol–water partition coefficient (Wildman–Crippen LogP) is 5.66. The van der Waals surface area contributed by atoms with Gasteiger partial charge in [0.15, 0.2) is 0 Å². The molecule has 0 amide bonds. The van der Waals surface area contributed by atoms with Crippen molar-refractivity contribution in [3.05, 3.63) is 58.7 Å². The Labute approximate surface area is 170 Å². The summed E-state index contributed by atoms with van der Waals surface area (Å²) in [4.78, 5) is 0. The lowest BCUT2D eigenvalue weighted by Crippen LogP contribution is -2.29. The van der Waals surface area contributed by atoms with E-state index in [4.69, 9.17) is 18.9 Å². The molecule has 0 aliphatic carbocycles. The number of fused-ring (bicyclic) bond motifs is 9. The number of ether oxygens (including phenoxy) is 4. The van der Waals surface area contributed by atoms with Crippen LogP contribution in [0.1, 0.15) is 62.0 Å². The molecule has 2 atom stereocenters. The van der Waals surface area contributed by atoms with E-state index in [0.29, 0.717) is 6.61 Å². The molecule has 4 aliphatic rings. The molecule has 29 heavy (non-hydrogen) atoms. The van der Waals surface area contributed by atoms with Crippen LogP contribution in [0.15, 0.2) is 36.4 Å². The van der Waals surface area contributed by atoms with Crippen molar-refractivity contribution in [1.29, 1.82) is 0 Å². The Morgan fingerprint density at radius 3 is 2.00 bits per heavy atom. The summed E-state index contributed by atoms with van der Waals surface area (Å²) in [6.07, 6.45) is 8.35. The van der Waals surface area contributed by atoms with Crippen LogP contribution in [0.4, 0.5) is 0 Å². The first-order chi connectivity index (χ1) is 13.8. The fourth-order valence-electron chi connectivity index (χ4n) is 4.70. The van der Waals surface area contributed by atoms with Gasteiger partial charge in [0.1, 0.15) is 40.3 Å². The van der Waals surface area contributed by atoms with Gasteiger partial charge in [-0.25, -0.2) is 0 Å². The summed E-state index contributed by atoms with van der Waals surface area (Å²) in [5, 5.41) is 0. The monoisotopic (exact) mass is 388 g/mol. The lowest BCUT2D eigenvalue weighted by molar-refractivity contribution is 0.133. The Bertz CT molecular complexity index is 1110. The van der Waals surface area contributed by atoms with Gasteiger partial charge in [-0.15, -0.1) is 0 Å². The fourth-order valence-corrected chi connectivity index (χ4v) is 4.70. The van der Waals surface area contributed by atoms with E-state index in [1.165, 1.54) is 5.56 Å². The van der Waals surface area contributed by atoms with Gasteiger partial charge in [0.2, 0.25) is 0 Å². The maximum atomic E-state index is 6.56. The van der Waals surface area contributed by atoms with Gasteiger partial charge in [-0.05, 0) is 70.2 Å². The van der Waals surface area contributed by atoms with E-state index in [-0.39, 0.29) is 23.2 Å². The third-order valence-corrected chi connectivity index (χ3v) is 6.15. The minimum Gasteiger partial charge on any atom is -0.492 e. The number of rotatable bonds is 0. The van der Waals surface area contributed by atoms with Gasteiger partial charge < -0.3 is 18.9 Å². The number of hydrogen-bond donors (Lipinski definition) is 0. The zero-order chi connectivity index (χ0) is 20.0.